The Hall–Kier alpha value is -4.57. The van der Waals surface area contributed by atoms with Gasteiger partial charge in [-0.1, -0.05) is 105 Å². The number of nitrogens with zero attached hydrogens (tertiary/aromatic N) is 2. The molecule has 0 saturated heterocycles. The molecule has 63 heavy (non-hydrogen) atoms. The summed E-state index contributed by atoms with van der Waals surface area (Å²) in [6.45, 7) is 9.69. The summed E-state index contributed by atoms with van der Waals surface area (Å²) in [5.74, 6) is -5.12. The van der Waals surface area contributed by atoms with Crippen LogP contribution in [0.5, 0.6) is 0 Å². The zero-order valence-electron chi connectivity index (χ0n) is 39.5. The van der Waals surface area contributed by atoms with Gasteiger partial charge in [-0.15, -0.1) is 0 Å². The van der Waals surface area contributed by atoms with Crippen LogP contribution in [0.2, 0.25) is 0 Å². The number of rotatable bonds is 40. The highest BCUT2D eigenvalue weighted by molar-refractivity contribution is 5.96. The molecule has 0 aromatic heterocycles. The number of ketones is 3. The minimum atomic E-state index is -1.09. The van der Waals surface area contributed by atoms with E-state index < -0.39 is 53.5 Å². The predicted octanol–water partition coefficient (Wildman–Crippen LogP) is 4.49. The van der Waals surface area contributed by atoms with E-state index in [0.29, 0.717) is 25.7 Å². The Morgan fingerprint density at radius 2 is 0.937 bits per heavy atom. The van der Waals surface area contributed by atoms with Crippen LogP contribution in [0.1, 0.15) is 189 Å². The maximum Gasteiger partial charge on any atom is 0.224 e. The van der Waals surface area contributed by atoms with Crippen molar-refractivity contribution in [2.45, 2.75) is 207 Å². The normalized spacial score (nSPS) is 13.5. The molecule has 13 N–H and O–H groups in total. The third-order valence-corrected chi connectivity index (χ3v) is 11.1. The molecule has 17 nitrogen and oxygen atoms in total. The summed E-state index contributed by atoms with van der Waals surface area (Å²) in [6, 6.07) is -2.78. The fraction of sp³-hybridized carbons (Fsp3) is 0.804. The Balaban J connectivity index is 5.91. The number of unbranched alkanes of at least 4 members (excludes halogenated alkanes) is 12. The standard InChI is InChI=1S/C46H86N10O7/c1-6-8-9-10-11-12-13-14-15-16-17-18-19-24-42(61)55-36(22-20-27-52-45(48)49)40(59)31-35(29-32(3)4)44(63)56-37(23-21-28-53-46(50)51)39(58)30-34(25-26-41(47)60)43(62)54-33(5)38(57)7-2/h32-37H,6-31H2,1-5H3,(H2,47,60)(H,54,62)(H,55,61)(H,56,63)(H4,48,49,52)(H4,50,51,53)/t33-,34+,35+,36-,37-/m0/s1. The van der Waals surface area contributed by atoms with E-state index >= 15 is 0 Å². The number of nitrogens with two attached hydrogens (primary N) is 5. The Morgan fingerprint density at radius 1 is 0.492 bits per heavy atom. The molecule has 0 aliphatic rings. The maximum absolute atomic E-state index is 14.1. The Morgan fingerprint density at radius 3 is 1.38 bits per heavy atom. The first-order valence-electron chi connectivity index (χ1n) is 23.8. The van der Waals surface area contributed by atoms with Crippen LogP contribution in [0, 0.1) is 17.8 Å². The number of amides is 4. The zero-order chi connectivity index (χ0) is 47.6. The van der Waals surface area contributed by atoms with Gasteiger partial charge in [-0.25, -0.2) is 0 Å². The number of carbonyl (C=O) groups is 7. The van der Waals surface area contributed by atoms with Gasteiger partial charge < -0.3 is 44.6 Å². The Kier molecular flexibility index (Phi) is 33.2. The SMILES string of the molecule is CCCCCCCCCCCCCCCC(=O)N[C@@H](CCCN=C(N)N)C(=O)C[C@@H](CC(C)C)C(=O)N[C@@H](CCCN=C(N)N)C(=O)C[C@@H](CCC(N)=O)C(=O)N[C@@H](C)C(=O)CC. The summed E-state index contributed by atoms with van der Waals surface area (Å²) in [4.78, 5) is 100. The highest BCUT2D eigenvalue weighted by Crippen LogP contribution is 2.21. The number of hydrogen-bond donors (Lipinski definition) is 8. The van der Waals surface area contributed by atoms with Crippen molar-refractivity contribution in [3.63, 3.8) is 0 Å². The summed E-state index contributed by atoms with van der Waals surface area (Å²) < 4.78 is 0. The molecule has 0 unspecified atom stereocenters. The van der Waals surface area contributed by atoms with E-state index in [9.17, 15) is 33.6 Å². The second-order valence-electron chi connectivity index (χ2n) is 17.5. The lowest BCUT2D eigenvalue weighted by atomic mass is 9.87. The fourth-order valence-corrected chi connectivity index (χ4v) is 7.48. The van der Waals surface area contributed by atoms with Gasteiger partial charge in [-0.2, -0.15) is 0 Å². The predicted molar refractivity (Wildman–Crippen MR) is 251 cm³/mol. The van der Waals surface area contributed by atoms with Crippen molar-refractivity contribution in [2.24, 2.45) is 56.4 Å². The first-order chi connectivity index (χ1) is 29.9. The highest BCUT2D eigenvalue weighted by atomic mass is 16.2. The van der Waals surface area contributed by atoms with E-state index in [0.717, 1.165) is 19.3 Å². The summed E-state index contributed by atoms with van der Waals surface area (Å²) in [5, 5.41) is 8.39. The van der Waals surface area contributed by atoms with Crippen LogP contribution in [0.4, 0.5) is 0 Å². The molecule has 0 saturated carbocycles. The molecule has 5 atom stereocenters. The van der Waals surface area contributed by atoms with Crippen molar-refractivity contribution in [3.05, 3.63) is 0 Å². The smallest absolute Gasteiger partial charge is 0.224 e. The molecule has 17 heteroatoms. The van der Waals surface area contributed by atoms with Crippen molar-refractivity contribution in [3.8, 4) is 0 Å². The van der Waals surface area contributed by atoms with Gasteiger partial charge in [0, 0.05) is 57.0 Å². The number of Topliss-reactive ketones (excluding diaryl/α,β-unsaturated/α-hetero) is 3. The summed E-state index contributed by atoms with van der Waals surface area (Å²) in [5.41, 5.74) is 27.4. The molecule has 0 heterocycles. The monoisotopic (exact) mass is 891 g/mol. The molecule has 0 fully saturated rings. The molecule has 0 aromatic rings. The third-order valence-electron chi connectivity index (χ3n) is 11.1. The molecule has 0 radical (unpaired) electrons. The van der Waals surface area contributed by atoms with Crippen molar-refractivity contribution >= 4 is 52.9 Å². The summed E-state index contributed by atoms with van der Waals surface area (Å²) >= 11 is 0. The van der Waals surface area contributed by atoms with E-state index in [4.69, 9.17) is 28.7 Å². The van der Waals surface area contributed by atoms with E-state index in [2.05, 4.69) is 32.9 Å². The van der Waals surface area contributed by atoms with Crippen LogP contribution in [0.3, 0.4) is 0 Å². The van der Waals surface area contributed by atoms with Gasteiger partial charge in [0.15, 0.2) is 29.3 Å². The number of carbonyl (C=O) groups excluding carboxylic acids is 7. The molecule has 0 aliphatic heterocycles. The summed E-state index contributed by atoms with van der Waals surface area (Å²) in [7, 11) is 0. The molecule has 0 aliphatic carbocycles. The molecule has 0 bridgehead atoms. The largest absolute Gasteiger partial charge is 0.370 e. The average molecular weight is 891 g/mol. The number of aliphatic imine (C=N–C) groups is 2. The molecule has 4 amide bonds. The minimum absolute atomic E-state index is 0.00952. The topological polar surface area (TPSA) is 310 Å². The molecule has 362 valence electrons. The lowest BCUT2D eigenvalue weighted by molar-refractivity contribution is -0.135. The second-order valence-corrected chi connectivity index (χ2v) is 17.5. The number of hydrogen-bond acceptors (Lipinski definition) is 9. The van der Waals surface area contributed by atoms with Crippen LogP contribution in [-0.2, 0) is 33.6 Å². The van der Waals surface area contributed by atoms with Crippen molar-refractivity contribution in [1.82, 2.24) is 16.0 Å². The van der Waals surface area contributed by atoms with Gasteiger partial charge in [0.05, 0.1) is 18.1 Å². The van der Waals surface area contributed by atoms with Gasteiger partial charge in [-0.3, -0.25) is 43.5 Å². The van der Waals surface area contributed by atoms with Crippen molar-refractivity contribution in [2.75, 3.05) is 13.1 Å². The van der Waals surface area contributed by atoms with Crippen molar-refractivity contribution in [1.29, 1.82) is 0 Å². The highest BCUT2D eigenvalue weighted by Gasteiger charge is 2.33. The minimum Gasteiger partial charge on any atom is -0.370 e. The number of nitrogens with one attached hydrogen (secondary N) is 3. The van der Waals surface area contributed by atoms with Crippen LogP contribution in [0.15, 0.2) is 9.98 Å². The van der Waals surface area contributed by atoms with Gasteiger partial charge >= 0.3 is 0 Å². The Labute approximate surface area is 377 Å². The molecular weight excluding hydrogens is 805 g/mol. The summed E-state index contributed by atoms with van der Waals surface area (Å²) in [6.07, 6.45) is 16.5. The lowest BCUT2D eigenvalue weighted by Crippen LogP contribution is -2.48. The average Bonchev–Trinajstić information content (AvgIpc) is 3.21. The van der Waals surface area contributed by atoms with E-state index in [1.54, 1.807) is 13.8 Å². The third kappa shape index (κ3) is 31.0. The lowest BCUT2D eigenvalue weighted by Gasteiger charge is -2.26. The van der Waals surface area contributed by atoms with Crippen LogP contribution in [0.25, 0.3) is 0 Å². The number of guanidine groups is 2. The fourth-order valence-electron chi connectivity index (χ4n) is 7.48. The van der Waals surface area contributed by atoms with Crippen LogP contribution < -0.4 is 44.6 Å². The first-order valence-corrected chi connectivity index (χ1v) is 23.8. The van der Waals surface area contributed by atoms with Gasteiger partial charge in [0.25, 0.3) is 0 Å². The maximum atomic E-state index is 14.1. The molecule has 0 spiro atoms. The molecular formula is C46H86N10O7. The molecule has 0 rings (SSSR count). The van der Waals surface area contributed by atoms with Crippen LogP contribution >= 0.6 is 0 Å². The molecule has 0 aromatic carbocycles. The first kappa shape index (κ1) is 58.4. The van der Waals surface area contributed by atoms with Gasteiger partial charge in [0.2, 0.25) is 23.6 Å². The number of primary amides is 1. The van der Waals surface area contributed by atoms with E-state index in [1.165, 1.54) is 57.8 Å². The van der Waals surface area contributed by atoms with Gasteiger partial charge in [0.1, 0.15) is 0 Å². The van der Waals surface area contributed by atoms with Crippen LogP contribution in [-0.4, -0.2) is 84.1 Å². The van der Waals surface area contributed by atoms with Crippen molar-refractivity contribution < 1.29 is 33.6 Å². The van der Waals surface area contributed by atoms with E-state index in [-0.39, 0.29) is 99.8 Å². The quantitative estimate of drug-likeness (QED) is 0.0241. The zero-order valence-corrected chi connectivity index (χ0v) is 39.5. The van der Waals surface area contributed by atoms with E-state index in [1.807, 2.05) is 13.8 Å². The second kappa shape index (κ2) is 35.8. The Bertz CT molecular complexity index is 1430. The van der Waals surface area contributed by atoms with Gasteiger partial charge in [-0.05, 0) is 57.8 Å².